The lowest BCUT2D eigenvalue weighted by Crippen LogP contribution is -2.55. The molecule has 1 unspecified atom stereocenters. The van der Waals surface area contributed by atoms with Gasteiger partial charge in [0.2, 0.25) is 10.0 Å². The van der Waals surface area contributed by atoms with Crippen LogP contribution in [0.1, 0.15) is 6.92 Å². The van der Waals surface area contributed by atoms with E-state index in [4.69, 9.17) is 0 Å². The van der Waals surface area contributed by atoms with Crippen molar-refractivity contribution in [1.82, 2.24) is 9.21 Å². The van der Waals surface area contributed by atoms with Crippen molar-refractivity contribution < 1.29 is 8.42 Å². The average molecular weight is 270 g/mol. The lowest BCUT2D eigenvalue weighted by molar-refractivity contribution is 0.140. The van der Waals surface area contributed by atoms with Crippen LogP contribution in [0.4, 0.5) is 0 Å². The van der Waals surface area contributed by atoms with Crippen molar-refractivity contribution in [1.29, 1.82) is 0 Å². The van der Waals surface area contributed by atoms with Gasteiger partial charge in [-0.15, -0.1) is 0 Å². The molecule has 0 radical (unpaired) electrons. The molecule has 1 atom stereocenters. The normalized spacial score (nSPS) is 25.1. The van der Waals surface area contributed by atoms with Crippen LogP contribution >= 0.6 is 25.3 Å². The monoisotopic (exact) mass is 270 g/mol. The zero-order chi connectivity index (χ0) is 11.7. The summed E-state index contributed by atoms with van der Waals surface area (Å²) in [6, 6.07) is 0. The highest BCUT2D eigenvalue weighted by Crippen LogP contribution is 2.23. The number of piperazine rings is 1. The van der Waals surface area contributed by atoms with Gasteiger partial charge in [-0.3, -0.25) is 4.90 Å². The molecule has 15 heavy (non-hydrogen) atoms. The van der Waals surface area contributed by atoms with Gasteiger partial charge < -0.3 is 0 Å². The number of hydrogen-bond acceptors (Lipinski definition) is 5. The standard InChI is InChI=1S/C8H18N2O2S3/c1-8(14,7-13)9-3-5-10(6-4-9)15(2,11)12/h13-14H,3-7H2,1-2H3. The molecular weight excluding hydrogens is 252 g/mol. The summed E-state index contributed by atoms with van der Waals surface area (Å²) in [6.45, 7) is 4.52. The van der Waals surface area contributed by atoms with Crippen LogP contribution in [0.2, 0.25) is 0 Å². The minimum atomic E-state index is -3.04. The molecule has 1 fully saturated rings. The summed E-state index contributed by atoms with van der Waals surface area (Å²) in [7, 11) is -3.04. The first-order valence-electron chi connectivity index (χ1n) is 4.81. The van der Waals surface area contributed by atoms with Crippen LogP contribution in [-0.4, -0.2) is 60.7 Å². The smallest absolute Gasteiger partial charge is 0.211 e. The van der Waals surface area contributed by atoms with Gasteiger partial charge in [-0.2, -0.15) is 29.6 Å². The van der Waals surface area contributed by atoms with Crippen LogP contribution in [0.25, 0.3) is 0 Å². The maximum absolute atomic E-state index is 11.3. The molecule has 0 saturated carbocycles. The molecule has 90 valence electrons. The van der Waals surface area contributed by atoms with Crippen molar-refractivity contribution in [3.05, 3.63) is 0 Å². The maximum atomic E-state index is 11.3. The fourth-order valence-corrected chi connectivity index (χ4v) is 2.83. The van der Waals surface area contributed by atoms with Crippen LogP contribution in [0.3, 0.4) is 0 Å². The molecule has 0 aromatic rings. The van der Waals surface area contributed by atoms with Crippen LogP contribution in [0, 0.1) is 0 Å². The topological polar surface area (TPSA) is 40.6 Å². The van der Waals surface area contributed by atoms with Crippen molar-refractivity contribution >= 4 is 35.3 Å². The SMILES string of the molecule is CC(S)(CS)N1CCN(S(C)(=O)=O)CC1. The van der Waals surface area contributed by atoms with Gasteiger partial charge in [-0.05, 0) is 6.92 Å². The lowest BCUT2D eigenvalue weighted by Gasteiger charge is -2.41. The second kappa shape index (κ2) is 4.83. The summed E-state index contributed by atoms with van der Waals surface area (Å²) in [5.41, 5.74) is 0. The average Bonchev–Trinajstić information content (AvgIpc) is 2.17. The number of sulfonamides is 1. The van der Waals surface area contributed by atoms with Gasteiger partial charge in [0.1, 0.15) is 0 Å². The fraction of sp³-hybridized carbons (Fsp3) is 1.00. The predicted octanol–water partition coefficient (Wildman–Crippen LogP) is 0.139. The summed E-state index contributed by atoms with van der Waals surface area (Å²) in [5.74, 6) is 0.648. The molecule has 0 amide bonds. The quantitative estimate of drug-likeness (QED) is 0.717. The first-order valence-corrected chi connectivity index (χ1v) is 7.73. The Hall–Kier alpha value is 0.570. The third-order valence-corrected chi connectivity index (χ3v) is 5.30. The highest BCUT2D eigenvalue weighted by molar-refractivity contribution is 7.88. The molecule has 0 bridgehead atoms. The van der Waals surface area contributed by atoms with Crippen molar-refractivity contribution in [2.24, 2.45) is 0 Å². The molecule has 1 saturated heterocycles. The Morgan fingerprint density at radius 3 is 2.07 bits per heavy atom. The molecule has 0 aromatic heterocycles. The molecule has 1 heterocycles. The molecular formula is C8H18N2O2S3. The Morgan fingerprint density at radius 1 is 1.27 bits per heavy atom. The van der Waals surface area contributed by atoms with Crippen molar-refractivity contribution in [2.45, 2.75) is 11.8 Å². The number of hydrogen-bond donors (Lipinski definition) is 2. The molecule has 0 aromatic carbocycles. The lowest BCUT2D eigenvalue weighted by atomic mass is 10.2. The first-order chi connectivity index (χ1) is 6.77. The van der Waals surface area contributed by atoms with Crippen LogP contribution in [-0.2, 0) is 10.0 Å². The molecule has 1 rings (SSSR count). The third-order valence-electron chi connectivity index (χ3n) is 2.69. The first kappa shape index (κ1) is 13.6. The van der Waals surface area contributed by atoms with E-state index in [9.17, 15) is 8.42 Å². The largest absolute Gasteiger partial charge is 0.286 e. The molecule has 4 nitrogen and oxygen atoms in total. The molecule has 7 heteroatoms. The van der Waals surface area contributed by atoms with Gasteiger partial charge in [0, 0.05) is 31.9 Å². The highest BCUT2D eigenvalue weighted by Gasteiger charge is 2.31. The molecule has 0 aliphatic carbocycles. The van der Waals surface area contributed by atoms with Gasteiger partial charge in [0.05, 0.1) is 11.1 Å². The summed E-state index contributed by atoms with van der Waals surface area (Å²) >= 11 is 8.75. The minimum Gasteiger partial charge on any atom is -0.286 e. The summed E-state index contributed by atoms with van der Waals surface area (Å²) in [4.78, 5) is 1.90. The Balaban J connectivity index is 2.57. The zero-order valence-corrected chi connectivity index (χ0v) is 11.7. The number of thiol groups is 2. The van der Waals surface area contributed by atoms with E-state index >= 15 is 0 Å². The second-order valence-corrected chi connectivity index (χ2v) is 7.29. The van der Waals surface area contributed by atoms with E-state index in [2.05, 4.69) is 30.2 Å². The van der Waals surface area contributed by atoms with Gasteiger partial charge >= 0.3 is 0 Å². The Morgan fingerprint density at radius 2 is 1.73 bits per heavy atom. The highest BCUT2D eigenvalue weighted by atomic mass is 32.2. The number of nitrogens with zero attached hydrogens (tertiary/aromatic N) is 2. The zero-order valence-electron chi connectivity index (χ0n) is 9.05. The fourth-order valence-electron chi connectivity index (χ4n) is 1.60. The van der Waals surface area contributed by atoms with Crippen LogP contribution in [0.15, 0.2) is 0 Å². The number of rotatable bonds is 3. The van der Waals surface area contributed by atoms with E-state index in [0.717, 1.165) is 0 Å². The summed E-state index contributed by atoms with van der Waals surface area (Å²) in [5, 5.41) is 0. The molecule has 1 aliphatic heterocycles. The van der Waals surface area contributed by atoms with Crippen molar-refractivity contribution in [2.75, 3.05) is 38.2 Å². The third kappa shape index (κ3) is 3.52. The predicted molar refractivity (Wildman–Crippen MR) is 69.2 cm³/mol. The Kier molecular flexibility index (Phi) is 4.39. The summed E-state index contributed by atoms with van der Waals surface area (Å²) in [6.07, 6.45) is 1.25. The van der Waals surface area contributed by atoms with Gasteiger partial charge in [-0.1, -0.05) is 0 Å². The summed E-state index contributed by atoms with van der Waals surface area (Å²) < 4.78 is 24.1. The van der Waals surface area contributed by atoms with Crippen LogP contribution in [0.5, 0.6) is 0 Å². The van der Waals surface area contributed by atoms with E-state index in [1.807, 2.05) is 6.92 Å². The van der Waals surface area contributed by atoms with Gasteiger partial charge in [-0.25, -0.2) is 8.42 Å². The van der Waals surface area contributed by atoms with Gasteiger partial charge in [0.25, 0.3) is 0 Å². The Bertz CT molecular complexity index is 308. The van der Waals surface area contributed by atoms with Crippen molar-refractivity contribution in [3.63, 3.8) is 0 Å². The molecule has 0 spiro atoms. The van der Waals surface area contributed by atoms with Crippen LogP contribution < -0.4 is 0 Å². The maximum Gasteiger partial charge on any atom is 0.211 e. The van der Waals surface area contributed by atoms with E-state index in [0.29, 0.717) is 31.9 Å². The van der Waals surface area contributed by atoms with E-state index in [1.165, 1.54) is 10.6 Å². The van der Waals surface area contributed by atoms with E-state index in [1.54, 1.807) is 0 Å². The Labute approximate surface area is 103 Å². The minimum absolute atomic E-state index is 0.257. The van der Waals surface area contributed by atoms with E-state index in [-0.39, 0.29) is 4.87 Å². The second-order valence-electron chi connectivity index (χ2n) is 4.02. The molecule has 0 N–H and O–H groups in total. The van der Waals surface area contributed by atoms with Crippen molar-refractivity contribution in [3.8, 4) is 0 Å². The molecule has 1 aliphatic rings. The van der Waals surface area contributed by atoms with Gasteiger partial charge in [0.15, 0.2) is 0 Å². The van der Waals surface area contributed by atoms with E-state index < -0.39 is 10.0 Å².